The number of halogens is 3. The number of nitrogens with zero attached hydrogens (tertiary/aromatic N) is 1. The summed E-state index contributed by atoms with van der Waals surface area (Å²) in [6, 6.07) is 7.98. The van der Waals surface area contributed by atoms with E-state index in [1.165, 1.54) is 30.5 Å². The van der Waals surface area contributed by atoms with Gasteiger partial charge in [0.1, 0.15) is 5.75 Å². The average Bonchev–Trinajstić information content (AvgIpc) is 2.67. The van der Waals surface area contributed by atoms with Crippen LogP contribution in [-0.4, -0.2) is 29.6 Å². The van der Waals surface area contributed by atoms with E-state index in [0.717, 1.165) is 6.07 Å². The van der Waals surface area contributed by atoms with Crippen LogP contribution in [0.3, 0.4) is 0 Å². The number of nitrogens with two attached hydrogens (primary N) is 1. The molecular weight excluding hydrogens is 375 g/mol. The topological polar surface area (TPSA) is 86.5 Å². The van der Waals surface area contributed by atoms with Gasteiger partial charge < -0.3 is 20.5 Å². The molecule has 1 fully saturated rings. The van der Waals surface area contributed by atoms with Gasteiger partial charge in [-0.3, -0.25) is 4.79 Å². The molecule has 0 saturated carbocycles. The standard InChI is InChI=1S/C19H20F3N3O3/c20-19(21,22)14-3-1-2-4-15(14)28-16-6-5-13(11-24-16)12-25-17(26)18(23)7-9-27-10-8-18/h1-6,11H,7-10,12,23H2,(H,25,26). The molecule has 2 heterocycles. The minimum absolute atomic E-state index is 0.0199. The van der Waals surface area contributed by atoms with E-state index in [9.17, 15) is 18.0 Å². The lowest BCUT2D eigenvalue weighted by atomic mass is 9.90. The van der Waals surface area contributed by atoms with Crippen LogP contribution in [0, 0.1) is 0 Å². The van der Waals surface area contributed by atoms with Crippen LogP contribution in [0.15, 0.2) is 42.6 Å². The number of rotatable bonds is 5. The molecule has 3 N–H and O–H groups in total. The summed E-state index contributed by atoms with van der Waals surface area (Å²) in [5.74, 6) is -0.574. The summed E-state index contributed by atoms with van der Waals surface area (Å²) in [5, 5.41) is 2.76. The summed E-state index contributed by atoms with van der Waals surface area (Å²) in [5.41, 5.74) is 4.95. The molecule has 0 atom stereocenters. The first kappa shape index (κ1) is 20.1. The number of hydrogen-bond acceptors (Lipinski definition) is 5. The normalized spacial score (nSPS) is 16.4. The highest BCUT2D eigenvalue weighted by molar-refractivity contribution is 5.86. The maximum atomic E-state index is 13.0. The smallest absolute Gasteiger partial charge is 0.419 e. The maximum Gasteiger partial charge on any atom is 0.419 e. The third-order valence-corrected chi connectivity index (χ3v) is 4.49. The molecule has 0 bridgehead atoms. The number of para-hydroxylation sites is 1. The average molecular weight is 395 g/mol. The van der Waals surface area contributed by atoms with Crippen LogP contribution in [0.5, 0.6) is 11.6 Å². The number of carbonyl (C=O) groups is 1. The molecule has 0 unspecified atom stereocenters. The van der Waals surface area contributed by atoms with Crippen LogP contribution in [-0.2, 0) is 22.3 Å². The zero-order chi connectivity index (χ0) is 20.2. The van der Waals surface area contributed by atoms with Gasteiger partial charge in [-0.25, -0.2) is 4.98 Å². The molecule has 6 nitrogen and oxygen atoms in total. The van der Waals surface area contributed by atoms with E-state index in [0.29, 0.717) is 31.6 Å². The molecule has 0 spiro atoms. The lowest BCUT2D eigenvalue weighted by molar-refractivity contribution is -0.138. The maximum absolute atomic E-state index is 13.0. The first-order valence-electron chi connectivity index (χ1n) is 8.72. The minimum atomic E-state index is -4.52. The van der Waals surface area contributed by atoms with Gasteiger partial charge in [0.2, 0.25) is 11.8 Å². The van der Waals surface area contributed by atoms with Crippen molar-refractivity contribution in [3.05, 3.63) is 53.7 Å². The first-order chi connectivity index (χ1) is 13.3. The number of ether oxygens (including phenoxy) is 2. The van der Waals surface area contributed by atoms with Crippen LogP contribution < -0.4 is 15.8 Å². The van der Waals surface area contributed by atoms with Crippen molar-refractivity contribution in [3.8, 4) is 11.6 Å². The van der Waals surface area contributed by atoms with Crippen molar-refractivity contribution in [3.63, 3.8) is 0 Å². The fourth-order valence-corrected chi connectivity index (χ4v) is 2.80. The van der Waals surface area contributed by atoms with Crippen LogP contribution in [0.1, 0.15) is 24.0 Å². The molecule has 2 aromatic rings. The molecule has 9 heteroatoms. The number of alkyl halides is 3. The second-order valence-electron chi connectivity index (χ2n) is 6.55. The molecule has 150 valence electrons. The Kier molecular flexibility index (Phi) is 5.85. The second kappa shape index (κ2) is 8.15. The van der Waals surface area contributed by atoms with E-state index >= 15 is 0 Å². The molecule has 1 aromatic heterocycles. The molecule has 1 saturated heterocycles. The van der Waals surface area contributed by atoms with Gasteiger partial charge in [0, 0.05) is 32.0 Å². The minimum Gasteiger partial charge on any atom is -0.438 e. The van der Waals surface area contributed by atoms with Gasteiger partial charge in [0.05, 0.1) is 11.1 Å². The van der Waals surface area contributed by atoms with E-state index in [-0.39, 0.29) is 24.1 Å². The Balaban J connectivity index is 1.61. The zero-order valence-electron chi connectivity index (χ0n) is 15.0. The number of aromatic nitrogens is 1. The highest BCUT2D eigenvalue weighted by atomic mass is 19.4. The third-order valence-electron chi connectivity index (χ3n) is 4.49. The van der Waals surface area contributed by atoms with Crippen molar-refractivity contribution in [1.82, 2.24) is 10.3 Å². The molecule has 28 heavy (non-hydrogen) atoms. The lowest BCUT2D eigenvalue weighted by Gasteiger charge is -2.31. The number of pyridine rings is 1. The largest absolute Gasteiger partial charge is 0.438 e. The summed E-state index contributed by atoms with van der Waals surface area (Å²) in [6.45, 7) is 1.08. The third kappa shape index (κ3) is 4.79. The molecule has 0 radical (unpaired) electrons. The van der Waals surface area contributed by atoms with E-state index < -0.39 is 17.3 Å². The summed E-state index contributed by atoms with van der Waals surface area (Å²) < 4.78 is 49.5. The van der Waals surface area contributed by atoms with Crippen molar-refractivity contribution in [2.75, 3.05) is 13.2 Å². The molecule has 1 aromatic carbocycles. The van der Waals surface area contributed by atoms with Crippen molar-refractivity contribution in [1.29, 1.82) is 0 Å². The summed E-state index contributed by atoms with van der Waals surface area (Å²) >= 11 is 0. The van der Waals surface area contributed by atoms with Crippen molar-refractivity contribution in [2.45, 2.75) is 31.1 Å². The Morgan fingerprint density at radius 1 is 1.21 bits per heavy atom. The fraction of sp³-hybridized carbons (Fsp3) is 0.368. The quantitative estimate of drug-likeness (QED) is 0.813. The molecule has 1 aliphatic heterocycles. The van der Waals surface area contributed by atoms with E-state index in [4.69, 9.17) is 15.2 Å². The van der Waals surface area contributed by atoms with Gasteiger partial charge >= 0.3 is 6.18 Å². The van der Waals surface area contributed by atoms with Crippen LogP contribution >= 0.6 is 0 Å². The number of nitrogens with one attached hydrogen (secondary N) is 1. The summed E-state index contributed by atoms with van der Waals surface area (Å²) in [6.07, 6.45) is -2.20. The van der Waals surface area contributed by atoms with Gasteiger partial charge in [-0.05, 0) is 30.5 Å². The van der Waals surface area contributed by atoms with Gasteiger partial charge in [-0.15, -0.1) is 0 Å². The van der Waals surface area contributed by atoms with E-state index in [1.807, 2.05) is 0 Å². The SMILES string of the molecule is NC1(C(=O)NCc2ccc(Oc3ccccc3C(F)(F)F)nc2)CCOCC1. The zero-order valence-corrected chi connectivity index (χ0v) is 15.0. The summed E-state index contributed by atoms with van der Waals surface area (Å²) in [4.78, 5) is 16.3. The van der Waals surface area contributed by atoms with Crippen molar-refractivity contribution >= 4 is 5.91 Å². The molecule has 1 amide bonds. The molecular formula is C19H20F3N3O3. The number of benzene rings is 1. The van der Waals surface area contributed by atoms with Gasteiger partial charge in [0.15, 0.2) is 0 Å². The van der Waals surface area contributed by atoms with E-state index in [2.05, 4.69) is 10.3 Å². The van der Waals surface area contributed by atoms with Gasteiger partial charge in [0.25, 0.3) is 0 Å². The van der Waals surface area contributed by atoms with Crippen LogP contribution in [0.25, 0.3) is 0 Å². The number of hydrogen-bond donors (Lipinski definition) is 2. The van der Waals surface area contributed by atoms with Crippen LogP contribution in [0.2, 0.25) is 0 Å². The monoisotopic (exact) mass is 395 g/mol. The highest BCUT2D eigenvalue weighted by Gasteiger charge is 2.36. The first-order valence-corrected chi connectivity index (χ1v) is 8.72. The number of amides is 1. The summed E-state index contributed by atoms with van der Waals surface area (Å²) in [7, 11) is 0. The predicted molar refractivity (Wildman–Crippen MR) is 94.6 cm³/mol. The van der Waals surface area contributed by atoms with Crippen molar-refractivity contribution < 1.29 is 27.4 Å². The van der Waals surface area contributed by atoms with E-state index in [1.54, 1.807) is 6.07 Å². The Hall–Kier alpha value is -2.65. The molecule has 3 rings (SSSR count). The van der Waals surface area contributed by atoms with Crippen molar-refractivity contribution in [2.24, 2.45) is 5.73 Å². The second-order valence-corrected chi connectivity index (χ2v) is 6.55. The fourth-order valence-electron chi connectivity index (χ4n) is 2.80. The van der Waals surface area contributed by atoms with Crippen LogP contribution in [0.4, 0.5) is 13.2 Å². The predicted octanol–water partition coefficient (Wildman–Crippen LogP) is 3.02. The Bertz CT molecular complexity index is 819. The van der Waals surface area contributed by atoms with Gasteiger partial charge in [-0.1, -0.05) is 18.2 Å². The Morgan fingerprint density at radius 3 is 2.57 bits per heavy atom. The lowest BCUT2D eigenvalue weighted by Crippen LogP contribution is -2.56. The Morgan fingerprint density at radius 2 is 1.93 bits per heavy atom. The molecule has 0 aliphatic carbocycles. The number of carbonyl (C=O) groups excluding carboxylic acids is 1. The van der Waals surface area contributed by atoms with Gasteiger partial charge in [-0.2, -0.15) is 13.2 Å². The highest BCUT2D eigenvalue weighted by Crippen LogP contribution is 2.37. The Labute approximate surface area is 159 Å². The molecule has 1 aliphatic rings.